The van der Waals surface area contributed by atoms with E-state index in [1.54, 1.807) is 14.2 Å². The smallest absolute Gasteiger partial charge is 0.123 e. The van der Waals surface area contributed by atoms with Crippen LogP contribution >= 0.6 is 0 Å². The second-order valence-electron chi connectivity index (χ2n) is 7.02. The third-order valence-corrected chi connectivity index (χ3v) is 5.49. The predicted octanol–water partition coefficient (Wildman–Crippen LogP) is 1.92. The SMILES string of the molecule is COc1ccc(OC)c(CN2CCC(N3CCN(C)CC3)CC2)c1. The number of likely N-dealkylation sites (N-methyl/N-ethyl adjacent to an activating group) is 1. The maximum atomic E-state index is 5.52. The highest BCUT2D eigenvalue weighted by molar-refractivity contribution is 5.40. The summed E-state index contributed by atoms with van der Waals surface area (Å²) in [6.45, 7) is 8.14. The fourth-order valence-corrected chi connectivity index (χ4v) is 3.88. The molecule has 0 saturated carbocycles. The lowest BCUT2D eigenvalue weighted by Gasteiger charge is -2.42. The molecule has 0 atom stereocenters. The van der Waals surface area contributed by atoms with Crippen molar-refractivity contribution in [1.29, 1.82) is 0 Å². The zero-order valence-corrected chi connectivity index (χ0v) is 15.3. The van der Waals surface area contributed by atoms with Gasteiger partial charge in [-0.3, -0.25) is 9.80 Å². The monoisotopic (exact) mass is 333 g/mol. The number of piperazine rings is 1. The number of hydrogen-bond acceptors (Lipinski definition) is 5. The number of rotatable bonds is 5. The van der Waals surface area contributed by atoms with E-state index in [9.17, 15) is 0 Å². The zero-order valence-electron chi connectivity index (χ0n) is 15.3. The molecule has 1 aromatic rings. The van der Waals surface area contributed by atoms with Crippen LogP contribution in [0.25, 0.3) is 0 Å². The molecular formula is C19H31N3O2. The van der Waals surface area contributed by atoms with Crippen LogP contribution in [-0.4, -0.2) is 81.3 Å². The molecule has 0 unspecified atom stereocenters. The van der Waals surface area contributed by atoms with E-state index in [0.29, 0.717) is 0 Å². The first-order valence-electron chi connectivity index (χ1n) is 9.05. The van der Waals surface area contributed by atoms with Gasteiger partial charge in [0.25, 0.3) is 0 Å². The molecule has 0 aliphatic carbocycles. The maximum Gasteiger partial charge on any atom is 0.123 e. The normalized spacial score (nSPS) is 21.8. The van der Waals surface area contributed by atoms with Gasteiger partial charge < -0.3 is 14.4 Å². The number of likely N-dealkylation sites (tertiary alicyclic amines) is 1. The van der Waals surface area contributed by atoms with Gasteiger partial charge >= 0.3 is 0 Å². The summed E-state index contributed by atoms with van der Waals surface area (Å²) in [6, 6.07) is 6.83. The summed E-state index contributed by atoms with van der Waals surface area (Å²) in [4.78, 5) is 7.67. The van der Waals surface area contributed by atoms with Gasteiger partial charge in [-0.05, 0) is 51.2 Å². The third-order valence-electron chi connectivity index (χ3n) is 5.49. The van der Waals surface area contributed by atoms with Gasteiger partial charge in [0, 0.05) is 44.3 Å². The summed E-state index contributed by atoms with van der Waals surface area (Å²) in [5.41, 5.74) is 1.22. The molecule has 0 spiro atoms. The molecule has 0 bridgehead atoms. The van der Waals surface area contributed by atoms with E-state index in [0.717, 1.165) is 37.2 Å². The molecule has 2 aliphatic heterocycles. The van der Waals surface area contributed by atoms with Crippen LogP contribution in [0.4, 0.5) is 0 Å². The Hall–Kier alpha value is -1.30. The van der Waals surface area contributed by atoms with E-state index in [4.69, 9.17) is 9.47 Å². The fraction of sp³-hybridized carbons (Fsp3) is 0.684. The van der Waals surface area contributed by atoms with Crippen molar-refractivity contribution in [3.8, 4) is 11.5 Å². The minimum absolute atomic E-state index is 0.766. The Morgan fingerprint density at radius 2 is 1.67 bits per heavy atom. The summed E-state index contributed by atoms with van der Waals surface area (Å²) < 4.78 is 10.9. The van der Waals surface area contributed by atoms with Gasteiger partial charge in [-0.1, -0.05) is 0 Å². The number of benzene rings is 1. The first-order valence-corrected chi connectivity index (χ1v) is 9.05. The molecule has 0 aromatic heterocycles. The lowest BCUT2D eigenvalue weighted by Crippen LogP contribution is -2.52. The predicted molar refractivity (Wildman–Crippen MR) is 96.9 cm³/mol. The third kappa shape index (κ3) is 4.21. The number of methoxy groups -OCH3 is 2. The molecule has 5 heteroatoms. The first-order chi connectivity index (χ1) is 11.7. The van der Waals surface area contributed by atoms with E-state index in [1.807, 2.05) is 12.1 Å². The molecule has 24 heavy (non-hydrogen) atoms. The Kier molecular flexibility index (Phi) is 5.98. The van der Waals surface area contributed by atoms with Crippen molar-refractivity contribution in [2.45, 2.75) is 25.4 Å². The number of piperidine rings is 1. The molecule has 5 nitrogen and oxygen atoms in total. The highest BCUT2D eigenvalue weighted by Gasteiger charge is 2.26. The summed E-state index contributed by atoms with van der Waals surface area (Å²) in [7, 11) is 5.68. The first kappa shape index (κ1) is 17.5. The van der Waals surface area contributed by atoms with Gasteiger partial charge in [-0.15, -0.1) is 0 Å². The molecule has 3 rings (SSSR count). The lowest BCUT2D eigenvalue weighted by molar-refractivity contribution is 0.0655. The van der Waals surface area contributed by atoms with Crippen LogP contribution in [0.1, 0.15) is 18.4 Å². The van der Waals surface area contributed by atoms with Crippen LogP contribution in [0, 0.1) is 0 Å². The second-order valence-corrected chi connectivity index (χ2v) is 7.02. The summed E-state index contributed by atoms with van der Waals surface area (Å²) in [5, 5.41) is 0. The molecular weight excluding hydrogens is 302 g/mol. The minimum Gasteiger partial charge on any atom is -0.497 e. The van der Waals surface area contributed by atoms with Gasteiger partial charge in [0.05, 0.1) is 14.2 Å². The maximum absolute atomic E-state index is 5.52. The molecule has 2 saturated heterocycles. The standard InChI is InChI=1S/C19H31N3O2/c1-20-10-12-22(13-11-20)17-6-8-21(9-7-17)15-16-14-18(23-2)4-5-19(16)24-3/h4-5,14,17H,6-13,15H2,1-3H3. The van der Waals surface area contributed by atoms with Crippen LogP contribution in [0.3, 0.4) is 0 Å². The Bertz CT molecular complexity index is 521. The average Bonchev–Trinajstić information content (AvgIpc) is 2.63. The highest BCUT2D eigenvalue weighted by atomic mass is 16.5. The molecule has 0 N–H and O–H groups in total. The van der Waals surface area contributed by atoms with E-state index in [-0.39, 0.29) is 0 Å². The Morgan fingerprint density at radius 1 is 0.958 bits per heavy atom. The minimum atomic E-state index is 0.766. The van der Waals surface area contributed by atoms with Gasteiger partial charge in [0.2, 0.25) is 0 Å². The zero-order chi connectivity index (χ0) is 16.9. The van der Waals surface area contributed by atoms with Crippen LogP contribution < -0.4 is 9.47 Å². The number of ether oxygens (including phenoxy) is 2. The van der Waals surface area contributed by atoms with E-state index < -0.39 is 0 Å². The topological polar surface area (TPSA) is 28.2 Å². The van der Waals surface area contributed by atoms with Crippen molar-refractivity contribution in [2.75, 3.05) is 60.5 Å². The Balaban J connectivity index is 1.54. The van der Waals surface area contributed by atoms with Crippen molar-refractivity contribution < 1.29 is 9.47 Å². The van der Waals surface area contributed by atoms with Crippen molar-refractivity contribution >= 4 is 0 Å². The molecule has 2 heterocycles. The van der Waals surface area contributed by atoms with E-state index in [1.165, 1.54) is 44.6 Å². The van der Waals surface area contributed by atoms with Crippen molar-refractivity contribution in [1.82, 2.24) is 14.7 Å². The van der Waals surface area contributed by atoms with Gasteiger partial charge in [-0.2, -0.15) is 0 Å². The van der Waals surface area contributed by atoms with Crippen LogP contribution in [0.15, 0.2) is 18.2 Å². The van der Waals surface area contributed by atoms with E-state index >= 15 is 0 Å². The molecule has 0 amide bonds. The molecule has 134 valence electrons. The van der Waals surface area contributed by atoms with Crippen LogP contribution in [-0.2, 0) is 6.54 Å². The van der Waals surface area contributed by atoms with Gasteiger partial charge in [0.15, 0.2) is 0 Å². The van der Waals surface area contributed by atoms with Crippen molar-refractivity contribution in [3.63, 3.8) is 0 Å². The quantitative estimate of drug-likeness (QED) is 0.821. The van der Waals surface area contributed by atoms with Crippen LogP contribution in [0.2, 0.25) is 0 Å². The molecule has 2 aliphatic rings. The number of hydrogen-bond donors (Lipinski definition) is 0. The highest BCUT2D eigenvalue weighted by Crippen LogP contribution is 2.27. The summed E-state index contributed by atoms with van der Waals surface area (Å²) in [5.74, 6) is 1.86. The molecule has 1 aromatic carbocycles. The van der Waals surface area contributed by atoms with Crippen LogP contribution in [0.5, 0.6) is 11.5 Å². The number of nitrogens with zero attached hydrogens (tertiary/aromatic N) is 3. The lowest BCUT2D eigenvalue weighted by atomic mass is 10.0. The van der Waals surface area contributed by atoms with Crippen molar-refractivity contribution in [3.05, 3.63) is 23.8 Å². The van der Waals surface area contributed by atoms with Gasteiger partial charge in [-0.25, -0.2) is 0 Å². The second kappa shape index (κ2) is 8.19. The Morgan fingerprint density at radius 3 is 2.29 bits per heavy atom. The van der Waals surface area contributed by atoms with Crippen molar-refractivity contribution in [2.24, 2.45) is 0 Å². The molecule has 0 radical (unpaired) electrons. The average molecular weight is 333 g/mol. The van der Waals surface area contributed by atoms with Gasteiger partial charge in [0.1, 0.15) is 11.5 Å². The Labute approximate surface area is 146 Å². The fourth-order valence-electron chi connectivity index (χ4n) is 3.88. The van der Waals surface area contributed by atoms with E-state index in [2.05, 4.69) is 27.8 Å². The summed E-state index contributed by atoms with van der Waals surface area (Å²) >= 11 is 0. The summed E-state index contributed by atoms with van der Waals surface area (Å²) in [6.07, 6.45) is 2.55. The molecule has 2 fully saturated rings. The largest absolute Gasteiger partial charge is 0.497 e.